The quantitative estimate of drug-likeness (QED) is 0.127. The van der Waals surface area contributed by atoms with Crippen molar-refractivity contribution in [1.82, 2.24) is 20.2 Å². The van der Waals surface area contributed by atoms with E-state index in [0.717, 1.165) is 76.0 Å². The summed E-state index contributed by atoms with van der Waals surface area (Å²) in [5.41, 5.74) is 7.02. The topological polar surface area (TPSA) is 137 Å². The molecule has 0 aliphatic carbocycles. The summed E-state index contributed by atoms with van der Waals surface area (Å²) >= 11 is 0. The van der Waals surface area contributed by atoms with Gasteiger partial charge in [-0.2, -0.15) is 0 Å². The van der Waals surface area contributed by atoms with Crippen LogP contribution in [0.1, 0.15) is 48.8 Å². The van der Waals surface area contributed by atoms with Crippen molar-refractivity contribution in [3.05, 3.63) is 77.6 Å². The number of fused-ring (bicyclic) bond motifs is 1. The van der Waals surface area contributed by atoms with Crippen molar-refractivity contribution < 1.29 is 24.5 Å². The number of carbonyl (C=O) groups is 2. The van der Waals surface area contributed by atoms with E-state index in [0.29, 0.717) is 31.9 Å². The molecule has 45 heavy (non-hydrogen) atoms. The summed E-state index contributed by atoms with van der Waals surface area (Å²) in [6.45, 7) is 6.71. The standard InChI is InChI=1S/C35H41N5O5/c1-23-28(29-10-6-12-31(24(29)2)45-17-7-14-36-21-33(43)44)9-5-11-30(23)39-35-34-26(13-15-37-35)18-25(20-38-34)22-40-16-4-3-8-27(40)19-32(41)42/h5-6,9-13,15,18,20,27,36H,3-4,7-8,14,16-17,19,21-22H2,1-2H3,(H,37,39)(H,41,42)(H,43,44). The Morgan fingerprint density at radius 2 is 1.80 bits per heavy atom. The maximum atomic E-state index is 11.4. The molecule has 1 aliphatic heterocycles. The second kappa shape index (κ2) is 15.0. The number of carboxylic acid groups (broad SMARTS) is 2. The molecule has 1 saturated heterocycles. The highest BCUT2D eigenvalue weighted by Crippen LogP contribution is 2.36. The van der Waals surface area contributed by atoms with Gasteiger partial charge in [0.25, 0.3) is 0 Å². The van der Waals surface area contributed by atoms with E-state index in [9.17, 15) is 14.7 Å². The summed E-state index contributed by atoms with van der Waals surface area (Å²) in [7, 11) is 0. The normalized spacial score (nSPS) is 15.2. The molecule has 10 nitrogen and oxygen atoms in total. The van der Waals surface area contributed by atoms with Crippen molar-refractivity contribution in [1.29, 1.82) is 0 Å². The number of aliphatic carboxylic acids is 2. The van der Waals surface area contributed by atoms with Gasteiger partial charge in [-0.25, -0.2) is 4.98 Å². The summed E-state index contributed by atoms with van der Waals surface area (Å²) in [6, 6.07) is 16.3. The van der Waals surface area contributed by atoms with E-state index in [1.807, 2.05) is 36.5 Å². The van der Waals surface area contributed by atoms with Gasteiger partial charge in [-0.1, -0.05) is 30.7 Å². The summed E-state index contributed by atoms with van der Waals surface area (Å²) < 4.78 is 6.05. The summed E-state index contributed by atoms with van der Waals surface area (Å²) in [6.07, 6.45) is 7.59. The molecule has 0 radical (unpaired) electrons. The lowest BCUT2D eigenvalue weighted by molar-refractivity contribution is -0.139. The molecule has 4 N–H and O–H groups in total. The van der Waals surface area contributed by atoms with Crippen LogP contribution in [0.5, 0.6) is 5.75 Å². The van der Waals surface area contributed by atoms with Gasteiger partial charge >= 0.3 is 11.9 Å². The van der Waals surface area contributed by atoms with Gasteiger partial charge in [-0.15, -0.1) is 0 Å². The first-order chi connectivity index (χ1) is 21.8. The molecular weight excluding hydrogens is 570 g/mol. The molecule has 236 valence electrons. The van der Waals surface area contributed by atoms with Gasteiger partial charge < -0.3 is 25.6 Å². The van der Waals surface area contributed by atoms with E-state index in [1.165, 1.54) is 0 Å². The second-order valence-electron chi connectivity index (χ2n) is 11.6. The first-order valence-electron chi connectivity index (χ1n) is 15.5. The number of rotatable bonds is 14. The lowest BCUT2D eigenvalue weighted by Crippen LogP contribution is -2.40. The second-order valence-corrected chi connectivity index (χ2v) is 11.6. The number of nitrogens with one attached hydrogen (secondary N) is 2. The molecule has 3 heterocycles. The number of aromatic nitrogens is 2. The van der Waals surface area contributed by atoms with E-state index in [1.54, 1.807) is 6.20 Å². The number of likely N-dealkylation sites (tertiary alicyclic amines) is 1. The molecule has 0 amide bonds. The van der Waals surface area contributed by atoms with Gasteiger partial charge in [0.1, 0.15) is 11.3 Å². The lowest BCUT2D eigenvalue weighted by atomic mass is 9.95. The number of nitrogens with zero attached hydrogens (tertiary/aromatic N) is 3. The van der Waals surface area contributed by atoms with Crippen LogP contribution in [0.2, 0.25) is 0 Å². The van der Waals surface area contributed by atoms with Gasteiger partial charge in [-0.3, -0.25) is 19.5 Å². The Morgan fingerprint density at radius 1 is 1.00 bits per heavy atom. The highest BCUT2D eigenvalue weighted by Gasteiger charge is 2.25. The fourth-order valence-electron chi connectivity index (χ4n) is 6.05. The molecule has 1 aliphatic rings. The zero-order chi connectivity index (χ0) is 31.8. The predicted octanol–water partition coefficient (Wildman–Crippen LogP) is 5.93. The Kier molecular flexibility index (Phi) is 10.6. The van der Waals surface area contributed by atoms with Crippen molar-refractivity contribution in [2.24, 2.45) is 0 Å². The predicted molar refractivity (Wildman–Crippen MR) is 175 cm³/mol. The Bertz CT molecular complexity index is 1660. The number of benzene rings is 2. The summed E-state index contributed by atoms with van der Waals surface area (Å²) in [5, 5.41) is 25.5. The monoisotopic (exact) mass is 611 g/mol. The lowest BCUT2D eigenvalue weighted by Gasteiger charge is -2.34. The van der Waals surface area contributed by atoms with Crippen molar-refractivity contribution in [3.8, 4) is 16.9 Å². The van der Waals surface area contributed by atoms with Crippen molar-refractivity contribution in [3.63, 3.8) is 0 Å². The third kappa shape index (κ3) is 8.14. The third-order valence-corrected chi connectivity index (χ3v) is 8.39. The van der Waals surface area contributed by atoms with Crippen LogP contribution in [0.3, 0.4) is 0 Å². The fourth-order valence-corrected chi connectivity index (χ4v) is 6.05. The van der Waals surface area contributed by atoms with Gasteiger partial charge in [-0.05, 0) is 98.3 Å². The average molecular weight is 612 g/mol. The highest BCUT2D eigenvalue weighted by molar-refractivity contribution is 5.91. The summed E-state index contributed by atoms with van der Waals surface area (Å²) in [4.78, 5) is 33.8. The molecule has 10 heteroatoms. The molecule has 2 aromatic heterocycles. The molecule has 5 rings (SSSR count). The number of ether oxygens (including phenoxy) is 1. The minimum Gasteiger partial charge on any atom is -0.493 e. The molecule has 0 bridgehead atoms. The summed E-state index contributed by atoms with van der Waals surface area (Å²) in [5.74, 6) is -0.143. The first kappa shape index (κ1) is 31.9. The molecule has 0 saturated carbocycles. The molecule has 1 atom stereocenters. The number of hydrogen-bond donors (Lipinski definition) is 4. The van der Waals surface area contributed by atoms with Crippen LogP contribution < -0.4 is 15.4 Å². The van der Waals surface area contributed by atoms with Crippen molar-refractivity contribution in [2.75, 3.05) is 31.6 Å². The molecular formula is C35H41N5O5. The van der Waals surface area contributed by atoms with Crippen LogP contribution >= 0.6 is 0 Å². The Labute approximate surface area is 263 Å². The van der Waals surface area contributed by atoms with E-state index < -0.39 is 11.9 Å². The fraction of sp³-hybridized carbons (Fsp3) is 0.371. The maximum absolute atomic E-state index is 11.4. The number of hydrogen-bond acceptors (Lipinski definition) is 8. The highest BCUT2D eigenvalue weighted by atomic mass is 16.5. The van der Waals surface area contributed by atoms with Gasteiger partial charge in [0, 0.05) is 36.1 Å². The Hall–Kier alpha value is -4.54. The molecule has 0 spiro atoms. The first-order valence-corrected chi connectivity index (χ1v) is 15.5. The van der Waals surface area contributed by atoms with Crippen molar-refractivity contribution >= 4 is 34.3 Å². The zero-order valence-electron chi connectivity index (χ0n) is 25.9. The number of anilines is 2. The molecule has 1 fully saturated rings. The van der Waals surface area contributed by atoms with Gasteiger partial charge in [0.05, 0.1) is 19.6 Å². The minimum absolute atomic E-state index is 0.0560. The van der Waals surface area contributed by atoms with Crippen LogP contribution in [0.4, 0.5) is 11.5 Å². The van der Waals surface area contributed by atoms with Crippen LogP contribution in [0, 0.1) is 13.8 Å². The van der Waals surface area contributed by atoms with Crippen LogP contribution in [0.25, 0.3) is 22.0 Å². The zero-order valence-corrected chi connectivity index (χ0v) is 25.9. The smallest absolute Gasteiger partial charge is 0.317 e. The largest absolute Gasteiger partial charge is 0.493 e. The Balaban J connectivity index is 1.31. The minimum atomic E-state index is -0.870. The molecule has 1 unspecified atom stereocenters. The Morgan fingerprint density at radius 3 is 2.60 bits per heavy atom. The van der Waals surface area contributed by atoms with Crippen molar-refractivity contribution in [2.45, 2.75) is 58.5 Å². The number of pyridine rings is 2. The third-order valence-electron chi connectivity index (χ3n) is 8.39. The van der Waals surface area contributed by atoms with Crippen LogP contribution in [0.15, 0.2) is 60.9 Å². The molecule has 4 aromatic rings. The van der Waals surface area contributed by atoms with Crippen LogP contribution in [-0.2, 0) is 16.1 Å². The number of carboxylic acids is 2. The number of piperidine rings is 1. The van der Waals surface area contributed by atoms with Gasteiger partial charge in [0.2, 0.25) is 0 Å². The van der Waals surface area contributed by atoms with E-state index in [2.05, 4.69) is 52.6 Å². The van der Waals surface area contributed by atoms with E-state index in [-0.39, 0.29) is 19.0 Å². The van der Waals surface area contributed by atoms with Crippen LogP contribution in [-0.4, -0.2) is 69.3 Å². The van der Waals surface area contributed by atoms with E-state index >= 15 is 0 Å². The average Bonchev–Trinajstić information content (AvgIpc) is 3.01. The SMILES string of the molecule is Cc1c(Nc2nccc3cc(CN4CCCCC4CC(=O)O)cnc23)cccc1-c1cccc(OCCCNCC(=O)O)c1C. The molecule has 2 aromatic carbocycles. The van der Waals surface area contributed by atoms with E-state index in [4.69, 9.17) is 14.8 Å². The maximum Gasteiger partial charge on any atom is 0.317 e. The van der Waals surface area contributed by atoms with Gasteiger partial charge in [0.15, 0.2) is 5.82 Å².